The topological polar surface area (TPSA) is 107 Å². The van der Waals surface area contributed by atoms with Gasteiger partial charge in [0.2, 0.25) is 10.0 Å². The number of carbonyl (C=O) groups is 1. The fourth-order valence-corrected chi connectivity index (χ4v) is 6.11. The highest BCUT2D eigenvalue weighted by Crippen LogP contribution is 2.25. The Hall–Kier alpha value is -2.56. The molecule has 0 saturated heterocycles. The van der Waals surface area contributed by atoms with Crippen molar-refractivity contribution >= 4 is 27.3 Å². The number of sulfonamides is 1. The predicted octanol–water partition coefficient (Wildman–Crippen LogP) is 4.41. The molecule has 1 aromatic heterocycles. The zero-order valence-electron chi connectivity index (χ0n) is 21.6. The number of aliphatic carboxylic acids is 1. The number of nitrogens with zero attached hydrogens (tertiary/aromatic N) is 1. The molecule has 200 valence electrons. The first-order valence-electron chi connectivity index (χ1n) is 12.3. The van der Waals surface area contributed by atoms with Crippen molar-refractivity contribution in [3.8, 4) is 11.1 Å². The first-order valence-corrected chi connectivity index (χ1v) is 14.6. The van der Waals surface area contributed by atoms with Gasteiger partial charge in [-0.15, -0.1) is 11.3 Å². The van der Waals surface area contributed by atoms with Crippen LogP contribution in [0.15, 0.2) is 70.9 Å². The van der Waals surface area contributed by atoms with Crippen molar-refractivity contribution in [1.82, 2.24) is 9.62 Å². The van der Waals surface area contributed by atoms with Crippen LogP contribution in [0, 0.1) is 0 Å². The van der Waals surface area contributed by atoms with E-state index in [1.807, 2.05) is 6.07 Å². The zero-order valence-corrected chi connectivity index (χ0v) is 23.2. The molecule has 37 heavy (non-hydrogen) atoms. The molecule has 0 aliphatic heterocycles. The van der Waals surface area contributed by atoms with Gasteiger partial charge in [0.1, 0.15) is 0 Å². The number of hydrogen-bond donors (Lipinski definition) is 3. The summed E-state index contributed by atoms with van der Waals surface area (Å²) in [7, 11) is -2.34. The predicted molar refractivity (Wildman–Crippen MR) is 148 cm³/mol. The third-order valence-electron chi connectivity index (χ3n) is 6.27. The maximum absolute atomic E-state index is 13.2. The van der Waals surface area contributed by atoms with Crippen LogP contribution in [0.25, 0.3) is 11.1 Å². The molecule has 3 N–H and O–H groups in total. The van der Waals surface area contributed by atoms with E-state index in [1.165, 1.54) is 22.3 Å². The van der Waals surface area contributed by atoms with E-state index in [0.717, 1.165) is 24.8 Å². The number of thiophene rings is 1. The molecule has 3 aromatic rings. The number of likely N-dealkylation sites (N-methyl/N-ethyl adjacent to an activating group) is 1. The van der Waals surface area contributed by atoms with Crippen LogP contribution < -0.4 is 5.32 Å². The highest BCUT2D eigenvalue weighted by atomic mass is 32.2. The van der Waals surface area contributed by atoms with Gasteiger partial charge in [-0.3, -0.25) is 4.79 Å². The van der Waals surface area contributed by atoms with Crippen molar-refractivity contribution in [2.45, 2.75) is 56.1 Å². The summed E-state index contributed by atoms with van der Waals surface area (Å²) in [6.45, 7) is 4.44. The summed E-state index contributed by atoms with van der Waals surface area (Å²) >= 11 is 1.76. The number of rotatable bonds is 14. The lowest BCUT2D eigenvalue weighted by molar-refractivity contribution is -0.136. The van der Waals surface area contributed by atoms with Crippen LogP contribution in [-0.4, -0.2) is 60.7 Å². The molecule has 0 fully saturated rings. The van der Waals surface area contributed by atoms with E-state index >= 15 is 0 Å². The minimum absolute atomic E-state index is 0.0330. The van der Waals surface area contributed by atoms with Gasteiger partial charge in [0, 0.05) is 30.6 Å². The first-order chi connectivity index (χ1) is 17.5. The van der Waals surface area contributed by atoms with Crippen molar-refractivity contribution in [2.24, 2.45) is 0 Å². The average Bonchev–Trinajstić information content (AvgIpc) is 3.36. The maximum Gasteiger partial charge on any atom is 0.307 e. The molecule has 1 heterocycles. The van der Waals surface area contributed by atoms with Crippen molar-refractivity contribution in [1.29, 1.82) is 0 Å². The second kappa shape index (κ2) is 12.8. The Bertz CT molecular complexity index is 1260. The van der Waals surface area contributed by atoms with Crippen molar-refractivity contribution < 1.29 is 23.4 Å². The summed E-state index contributed by atoms with van der Waals surface area (Å²) in [5, 5.41) is 25.0. The molecule has 0 unspecified atom stereocenters. The lowest BCUT2D eigenvalue weighted by Gasteiger charge is -2.29. The fraction of sp³-hybridized carbons (Fsp3) is 0.393. The van der Waals surface area contributed by atoms with Crippen LogP contribution >= 0.6 is 11.3 Å². The fourth-order valence-electron chi connectivity index (χ4n) is 4.11. The Morgan fingerprint density at radius 3 is 2.46 bits per heavy atom. The summed E-state index contributed by atoms with van der Waals surface area (Å²) in [6, 6.07) is 17.8. The van der Waals surface area contributed by atoms with Gasteiger partial charge in [-0.05, 0) is 73.4 Å². The minimum atomic E-state index is -3.81. The van der Waals surface area contributed by atoms with E-state index in [0.29, 0.717) is 11.1 Å². The van der Waals surface area contributed by atoms with Crippen LogP contribution in [0.3, 0.4) is 0 Å². The molecular weight excluding hydrogens is 508 g/mol. The Balaban J connectivity index is 1.56. The standard InChI is InChI=1S/C28H36N2O5S2/c1-28(2,15-5-8-25-9-6-16-36-25)29-19-24(31)20-30(3)37(34,35)26-10-4-7-23(18-26)22-13-11-21(12-14-22)17-27(32)33/h4,6-7,9-14,16,18,24,29,31H,5,8,15,17,19-20H2,1-3H3,(H,32,33)/t24-/m1/s1. The number of aryl methyl sites for hydroxylation is 1. The van der Waals surface area contributed by atoms with Gasteiger partial charge in [-0.1, -0.05) is 42.5 Å². The van der Waals surface area contributed by atoms with Gasteiger partial charge in [-0.2, -0.15) is 4.31 Å². The molecule has 7 nitrogen and oxygen atoms in total. The SMILES string of the molecule is CN(C[C@H](O)CNC(C)(C)CCCc1cccs1)S(=O)(=O)c1cccc(-c2ccc(CC(=O)O)cc2)c1. The molecule has 9 heteroatoms. The molecule has 0 aliphatic rings. The van der Waals surface area contributed by atoms with E-state index in [9.17, 15) is 18.3 Å². The van der Waals surface area contributed by atoms with Crippen LogP contribution in [0.5, 0.6) is 0 Å². The molecule has 0 saturated carbocycles. The van der Waals surface area contributed by atoms with E-state index in [1.54, 1.807) is 47.7 Å². The van der Waals surface area contributed by atoms with Gasteiger partial charge < -0.3 is 15.5 Å². The number of β-amino-alcohol motifs (C(OH)–C–C–N with tert-alkyl or cyclic N) is 1. The molecule has 0 bridgehead atoms. The monoisotopic (exact) mass is 544 g/mol. The van der Waals surface area contributed by atoms with Crippen molar-refractivity contribution in [2.75, 3.05) is 20.1 Å². The smallest absolute Gasteiger partial charge is 0.307 e. The Morgan fingerprint density at radius 1 is 1.08 bits per heavy atom. The second-order valence-electron chi connectivity index (χ2n) is 9.93. The largest absolute Gasteiger partial charge is 0.481 e. The summed E-state index contributed by atoms with van der Waals surface area (Å²) in [5.41, 5.74) is 2.00. The molecule has 3 rings (SSSR count). The highest BCUT2D eigenvalue weighted by molar-refractivity contribution is 7.89. The zero-order chi connectivity index (χ0) is 27.1. The van der Waals surface area contributed by atoms with Crippen molar-refractivity contribution in [3.63, 3.8) is 0 Å². The number of aliphatic hydroxyl groups is 1. The minimum Gasteiger partial charge on any atom is -0.481 e. The quantitative estimate of drug-likeness (QED) is 0.278. The van der Waals surface area contributed by atoms with Crippen LogP contribution in [0.2, 0.25) is 0 Å². The lowest BCUT2D eigenvalue weighted by atomic mass is 9.96. The number of carboxylic acid groups (broad SMARTS) is 1. The van der Waals surface area contributed by atoms with Gasteiger partial charge in [0.15, 0.2) is 0 Å². The Labute approximate surface area is 223 Å². The molecule has 0 amide bonds. The van der Waals surface area contributed by atoms with Gasteiger partial charge >= 0.3 is 5.97 Å². The summed E-state index contributed by atoms with van der Waals surface area (Å²) < 4.78 is 27.6. The van der Waals surface area contributed by atoms with Gasteiger partial charge in [0.25, 0.3) is 0 Å². The van der Waals surface area contributed by atoms with Crippen LogP contribution in [-0.2, 0) is 27.7 Å². The number of benzene rings is 2. The molecule has 2 aromatic carbocycles. The summed E-state index contributed by atoms with van der Waals surface area (Å²) in [5.74, 6) is -0.904. The lowest BCUT2D eigenvalue weighted by Crippen LogP contribution is -2.46. The second-order valence-corrected chi connectivity index (χ2v) is 13.0. The number of aliphatic hydroxyl groups excluding tert-OH is 1. The molecule has 0 aliphatic carbocycles. The first kappa shape index (κ1) is 29.0. The summed E-state index contributed by atoms with van der Waals surface area (Å²) in [4.78, 5) is 12.4. The molecule has 0 spiro atoms. The number of nitrogens with one attached hydrogen (secondary N) is 1. The Morgan fingerprint density at radius 2 is 1.81 bits per heavy atom. The number of hydrogen-bond acceptors (Lipinski definition) is 6. The molecule has 0 radical (unpaired) electrons. The van der Waals surface area contributed by atoms with Crippen LogP contribution in [0.4, 0.5) is 0 Å². The van der Waals surface area contributed by atoms with Gasteiger partial charge in [0.05, 0.1) is 17.4 Å². The average molecular weight is 545 g/mol. The number of carboxylic acids is 1. The van der Waals surface area contributed by atoms with E-state index in [4.69, 9.17) is 5.11 Å². The molecule has 1 atom stereocenters. The van der Waals surface area contributed by atoms with Crippen molar-refractivity contribution in [3.05, 3.63) is 76.5 Å². The van der Waals surface area contributed by atoms with Crippen LogP contribution in [0.1, 0.15) is 37.1 Å². The van der Waals surface area contributed by atoms with Gasteiger partial charge in [-0.25, -0.2) is 8.42 Å². The highest BCUT2D eigenvalue weighted by Gasteiger charge is 2.25. The molecular formula is C28H36N2O5S2. The van der Waals surface area contributed by atoms with E-state index in [-0.39, 0.29) is 29.9 Å². The summed E-state index contributed by atoms with van der Waals surface area (Å²) in [6.07, 6.45) is 2.07. The third-order valence-corrected chi connectivity index (χ3v) is 9.03. The van der Waals surface area contributed by atoms with E-state index < -0.39 is 22.1 Å². The third kappa shape index (κ3) is 8.76. The maximum atomic E-state index is 13.2. The van der Waals surface area contributed by atoms with E-state index in [2.05, 4.69) is 36.7 Å². The normalized spacial score (nSPS) is 13.1. The Kier molecular flexibility index (Phi) is 10.0.